The van der Waals surface area contributed by atoms with Crippen molar-refractivity contribution >= 4 is 11.9 Å². The molecule has 0 spiro atoms. The van der Waals surface area contributed by atoms with Gasteiger partial charge < -0.3 is 36.0 Å². The largest absolute Gasteiger partial charge is 0.480 e. The van der Waals surface area contributed by atoms with Crippen molar-refractivity contribution in [2.45, 2.75) is 50.2 Å². The minimum atomic E-state index is -2.13. The minimum Gasteiger partial charge on any atom is -0.480 e. The number of aliphatic carboxylic acids is 1. The van der Waals surface area contributed by atoms with Gasteiger partial charge in [-0.15, -0.1) is 0 Å². The second kappa shape index (κ2) is 8.82. The highest BCUT2D eigenvalue weighted by atomic mass is 16.4. The van der Waals surface area contributed by atoms with Gasteiger partial charge in [-0.2, -0.15) is 0 Å². The van der Waals surface area contributed by atoms with Crippen LogP contribution in [0.15, 0.2) is 0 Å². The molecule has 0 bridgehead atoms. The van der Waals surface area contributed by atoms with E-state index in [-0.39, 0.29) is 6.42 Å². The quantitative estimate of drug-likeness (QED) is 0.233. The second-order valence-corrected chi connectivity index (χ2v) is 4.36. The lowest BCUT2D eigenvalue weighted by Crippen LogP contribution is -2.54. The number of aliphatic hydroxyl groups excluding tert-OH is 5. The van der Waals surface area contributed by atoms with Gasteiger partial charge in [-0.3, -0.25) is 4.79 Å². The Balaban J connectivity index is 4.63. The van der Waals surface area contributed by atoms with Gasteiger partial charge in [0.05, 0.1) is 6.61 Å². The summed E-state index contributed by atoms with van der Waals surface area (Å²) in [5, 5.41) is 56.8. The van der Waals surface area contributed by atoms with Gasteiger partial charge in [0, 0.05) is 0 Å². The summed E-state index contributed by atoms with van der Waals surface area (Å²) >= 11 is 0. The molecule has 1 amide bonds. The zero-order chi connectivity index (χ0) is 15.9. The molecule has 0 radical (unpaired) electrons. The van der Waals surface area contributed by atoms with Gasteiger partial charge in [-0.1, -0.05) is 13.3 Å². The Bertz CT molecular complexity index is 324. The molecule has 9 heteroatoms. The molecule has 0 rings (SSSR count). The molecule has 0 heterocycles. The van der Waals surface area contributed by atoms with Crippen LogP contribution in [0.5, 0.6) is 0 Å². The van der Waals surface area contributed by atoms with Gasteiger partial charge in [0.2, 0.25) is 0 Å². The smallest absolute Gasteiger partial charge is 0.326 e. The third-order valence-corrected chi connectivity index (χ3v) is 2.72. The lowest BCUT2D eigenvalue weighted by Gasteiger charge is -2.25. The van der Waals surface area contributed by atoms with E-state index in [4.69, 9.17) is 15.3 Å². The highest BCUT2D eigenvalue weighted by Gasteiger charge is 2.35. The molecule has 0 saturated heterocycles. The first-order valence-electron chi connectivity index (χ1n) is 6.12. The van der Waals surface area contributed by atoms with Crippen molar-refractivity contribution < 1.29 is 40.2 Å². The van der Waals surface area contributed by atoms with Gasteiger partial charge in [-0.05, 0) is 6.42 Å². The van der Waals surface area contributed by atoms with Crippen molar-refractivity contribution in [1.82, 2.24) is 5.32 Å². The Hall–Kier alpha value is -1.26. The van der Waals surface area contributed by atoms with Gasteiger partial charge >= 0.3 is 5.97 Å². The molecule has 0 aromatic heterocycles. The topological polar surface area (TPSA) is 168 Å². The molecular formula is C11H21NO8. The highest BCUT2D eigenvalue weighted by molar-refractivity contribution is 5.86. The van der Waals surface area contributed by atoms with Crippen molar-refractivity contribution in [1.29, 1.82) is 0 Å². The lowest BCUT2D eigenvalue weighted by atomic mass is 10.0. The van der Waals surface area contributed by atoms with Crippen LogP contribution in [0.1, 0.15) is 19.8 Å². The van der Waals surface area contributed by atoms with E-state index in [9.17, 15) is 24.9 Å². The van der Waals surface area contributed by atoms with E-state index in [0.29, 0.717) is 6.42 Å². The zero-order valence-electron chi connectivity index (χ0n) is 11.0. The molecule has 0 aliphatic rings. The molecule has 0 unspecified atom stereocenters. The number of rotatable bonds is 9. The fourth-order valence-corrected chi connectivity index (χ4v) is 1.48. The first kappa shape index (κ1) is 18.7. The monoisotopic (exact) mass is 295 g/mol. The number of nitrogens with one attached hydrogen (secondary N) is 1. The molecule has 0 aliphatic heterocycles. The summed E-state index contributed by atoms with van der Waals surface area (Å²) in [6.45, 7) is 0.828. The Morgan fingerprint density at radius 3 is 2.05 bits per heavy atom. The average Bonchev–Trinajstić information content (AvgIpc) is 2.43. The summed E-state index contributed by atoms with van der Waals surface area (Å²) in [5.41, 5.74) is 0. The molecule has 9 nitrogen and oxygen atoms in total. The Labute approximate surface area is 115 Å². The number of carboxylic acid groups (broad SMARTS) is 1. The molecule has 7 N–H and O–H groups in total. The number of aliphatic hydroxyl groups is 5. The molecule has 0 aliphatic carbocycles. The maximum atomic E-state index is 11.5. The third kappa shape index (κ3) is 5.39. The fraction of sp³-hybridized carbons (Fsp3) is 0.818. The molecular weight excluding hydrogens is 274 g/mol. The normalized spacial score (nSPS) is 18.7. The van der Waals surface area contributed by atoms with Crippen LogP contribution in [0.3, 0.4) is 0 Å². The van der Waals surface area contributed by atoms with Crippen LogP contribution >= 0.6 is 0 Å². The van der Waals surface area contributed by atoms with Gasteiger partial charge in [0.1, 0.15) is 24.4 Å². The molecule has 0 aromatic carbocycles. The van der Waals surface area contributed by atoms with E-state index in [1.165, 1.54) is 0 Å². The summed E-state index contributed by atoms with van der Waals surface area (Å²) in [6.07, 6.45) is -7.28. The first-order valence-corrected chi connectivity index (χ1v) is 6.12. The standard InChI is InChI=1S/C11H21NO8/c1-2-3-5(11(19)20)12-10(18)9(17)8(16)7(15)6(14)4-13/h5-9,13-17H,2-4H2,1H3,(H,12,18)(H,19,20)/t5-,6+,7+,8-,9+/m0/s1. The summed E-state index contributed by atoms with van der Waals surface area (Å²) in [4.78, 5) is 22.4. The maximum Gasteiger partial charge on any atom is 0.326 e. The first-order chi connectivity index (χ1) is 9.26. The van der Waals surface area contributed by atoms with E-state index >= 15 is 0 Å². The van der Waals surface area contributed by atoms with Gasteiger partial charge in [0.15, 0.2) is 6.10 Å². The van der Waals surface area contributed by atoms with E-state index in [1.807, 2.05) is 5.32 Å². The molecule has 0 fully saturated rings. The van der Waals surface area contributed by atoms with E-state index in [0.717, 1.165) is 0 Å². The van der Waals surface area contributed by atoms with Crippen LogP contribution in [-0.2, 0) is 9.59 Å². The predicted octanol–water partition coefficient (Wildman–Crippen LogP) is -3.21. The molecule has 0 saturated carbocycles. The average molecular weight is 295 g/mol. The van der Waals surface area contributed by atoms with Crippen molar-refractivity contribution in [3.63, 3.8) is 0 Å². The maximum absolute atomic E-state index is 11.5. The van der Waals surface area contributed by atoms with Crippen molar-refractivity contribution in [2.75, 3.05) is 6.61 Å². The number of hydrogen-bond acceptors (Lipinski definition) is 7. The SMILES string of the molecule is CCC[C@H](NC(=O)[C@H](O)[C@@H](O)[C@H](O)[C@H](O)CO)C(=O)O. The molecule has 20 heavy (non-hydrogen) atoms. The number of carbonyl (C=O) groups excluding carboxylic acids is 1. The van der Waals surface area contributed by atoms with Crippen molar-refractivity contribution in [3.8, 4) is 0 Å². The minimum absolute atomic E-state index is 0.131. The summed E-state index contributed by atoms with van der Waals surface area (Å²) < 4.78 is 0. The second-order valence-electron chi connectivity index (χ2n) is 4.36. The van der Waals surface area contributed by atoms with E-state index < -0.39 is 48.9 Å². The summed E-state index contributed by atoms with van der Waals surface area (Å²) in [7, 11) is 0. The van der Waals surface area contributed by atoms with Gasteiger partial charge in [-0.25, -0.2) is 4.79 Å². The molecule has 118 valence electrons. The highest BCUT2D eigenvalue weighted by Crippen LogP contribution is 2.06. The van der Waals surface area contributed by atoms with Crippen LogP contribution in [-0.4, -0.2) is 79.6 Å². The number of carboxylic acids is 1. The summed E-state index contributed by atoms with van der Waals surface area (Å²) in [5.74, 6) is -2.49. The van der Waals surface area contributed by atoms with E-state index in [1.54, 1.807) is 6.92 Å². The van der Waals surface area contributed by atoms with Gasteiger partial charge in [0.25, 0.3) is 5.91 Å². The Kier molecular flexibility index (Phi) is 8.26. The van der Waals surface area contributed by atoms with Crippen LogP contribution < -0.4 is 5.32 Å². The number of amides is 1. The Morgan fingerprint density at radius 1 is 1.10 bits per heavy atom. The summed E-state index contributed by atoms with van der Waals surface area (Å²) in [6, 6.07) is -1.23. The van der Waals surface area contributed by atoms with Crippen LogP contribution in [0, 0.1) is 0 Å². The lowest BCUT2D eigenvalue weighted by molar-refractivity contribution is -0.153. The van der Waals surface area contributed by atoms with E-state index in [2.05, 4.69) is 0 Å². The zero-order valence-corrected chi connectivity index (χ0v) is 11.0. The fourth-order valence-electron chi connectivity index (χ4n) is 1.48. The van der Waals surface area contributed by atoms with Crippen molar-refractivity contribution in [2.24, 2.45) is 0 Å². The van der Waals surface area contributed by atoms with Crippen LogP contribution in [0.4, 0.5) is 0 Å². The molecule has 0 aromatic rings. The third-order valence-electron chi connectivity index (χ3n) is 2.72. The number of carbonyl (C=O) groups is 2. The van der Waals surface area contributed by atoms with Crippen LogP contribution in [0.2, 0.25) is 0 Å². The number of hydrogen-bond donors (Lipinski definition) is 7. The molecule has 5 atom stereocenters. The van der Waals surface area contributed by atoms with Crippen LogP contribution in [0.25, 0.3) is 0 Å². The Morgan fingerprint density at radius 2 is 1.65 bits per heavy atom. The predicted molar refractivity (Wildman–Crippen MR) is 65.6 cm³/mol. The van der Waals surface area contributed by atoms with Crippen molar-refractivity contribution in [3.05, 3.63) is 0 Å².